The Morgan fingerprint density at radius 2 is 2.10 bits per heavy atom. The molecule has 0 aliphatic heterocycles. The number of non-ortho nitro benzene ring substituents is 1. The molecule has 1 aromatic heterocycles. The van der Waals surface area contributed by atoms with Gasteiger partial charge in [-0.3, -0.25) is 14.9 Å². The van der Waals surface area contributed by atoms with E-state index >= 15 is 0 Å². The zero-order valence-electron chi connectivity index (χ0n) is 15.8. The minimum absolute atomic E-state index is 0.102. The molecule has 1 atom stereocenters. The van der Waals surface area contributed by atoms with Crippen molar-refractivity contribution in [3.05, 3.63) is 75.3 Å². The van der Waals surface area contributed by atoms with Crippen LogP contribution in [0.25, 0.3) is 10.6 Å². The maximum absolute atomic E-state index is 13.0. The molecule has 1 saturated carbocycles. The van der Waals surface area contributed by atoms with Gasteiger partial charge in [0.05, 0.1) is 16.5 Å². The van der Waals surface area contributed by atoms with E-state index in [-0.39, 0.29) is 23.2 Å². The summed E-state index contributed by atoms with van der Waals surface area (Å²) in [5.41, 5.74) is 2.74. The van der Waals surface area contributed by atoms with Crippen LogP contribution < -0.4 is 10.6 Å². The maximum atomic E-state index is 13.0. The Balaban J connectivity index is 1.56. The van der Waals surface area contributed by atoms with Gasteiger partial charge in [0.25, 0.3) is 11.6 Å². The topological polar surface area (TPSA) is 97.2 Å². The summed E-state index contributed by atoms with van der Waals surface area (Å²) >= 11 is 1.55. The first kappa shape index (κ1) is 19.1. The average molecular weight is 408 g/mol. The lowest BCUT2D eigenvalue weighted by molar-refractivity contribution is -0.384. The molecule has 1 amide bonds. The molecule has 1 aliphatic carbocycles. The predicted octanol–water partition coefficient (Wildman–Crippen LogP) is 4.78. The molecule has 0 bridgehead atoms. The number of anilines is 1. The molecule has 1 aliphatic rings. The minimum atomic E-state index is -0.487. The van der Waals surface area contributed by atoms with Gasteiger partial charge in [-0.2, -0.15) is 0 Å². The number of thiazole rings is 1. The van der Waals surface area contributed by atoms with E-state index in [1.54, 1.807) is 23.6 Å². The fourth-order valence-electron chi connectivity index (χ4n) is 3.07. The van der Waals surface area contributed by atoms with Gasteiger partial charge in [0.1, 0.15) is 5.01 Å². The van der Waals surface area contributed by atoms with E-state index < -0.39 is 4.92 Å². The van der Waals surface area contributed by atoms with Crippen LogP contribution in [0.5, 0.6) is 0 Å². The Morgan fingerprint density at radius 3 is 2.79 bits per heavy atom. The average Bonchev–Trinajstić information content (AvgIpc) is 3.36. The molecule has 1 heterocycles. The third-order valence-electron chi connectivity index (χ3n) is 4.81. The highest BCUT2D eigenvalue weighted by molar-refractivity contribution is 7.13. The molecule has 0 radical (unpaired) electrons. The van der Waals surface area contributed by atoms with Crippen molar-refractivity contribution >= 4 is 28.6 Å². The number of rotatable bonds is 7. The molecule has 2 N–H and O–H groups in total. The van der Waals surface area contributed by atoms with E-state index in [1.807, 2.05) is 36.6 Å². The summed E-state index contributed by atoms with van der Waals surface area (Å²) < 4.78 is 0. The van der Waals surface area contributed by atoms with Crippen molar-refractivity contribution in [3.63, 3.8) is 0 Å². The monoisotopic (exact) mass is 408 g/mol. The first-order chi connectivity index (χ1) is 14.0. The highest BCUT2D eigenvalue weighted by Crippen LogP contribution is 2.30. The summed E-state index contributed by atoms with van der Waals surface area (Å²) in [4.78, 5) is 28.0. The number of aromatic nitrogens is 1. The van der Waals surface area contributed by atoms with Gasteiger partial charge < -0.3 is 10.6 Å². The fourth-order valence-corrected chi connectivity index (χ4v) is 3.71. The summed E-state index contributed by atoms with van der Waals surface area (Å²) in [6.07, 6.45) is 3.84. The molecule has 3 aromatic rings. The van der Waals surface area contributed by atoms with E-state index in [0.717, 1.165) is 29.0 Å². The van der Waals surface area contributed by atoms with Crippen LogP contribution in [0.2, 0.25) is 0 Å². The Hall–Kier alpha value is -3.26. The largest absolute Gasteiger partial charge is 0.382 e. The number of benzene rings is 2. The maximum Gasteiger partial charge on any atom is 0.270 e. The molecule has 8 heteroatoms. The first-order valence-corrected chi connectivity index (χ1v) is 10.2. The predicted molar refractivity (Wildman–Crippen MR) is 113 cm³/mol. The molecule has 148 valence electrons. The lowest BCUT2D eigenvalue weighted by Crippen LogP contribution is -2.27. The lowest BCUT2D eigenvalue weighted by Gasteiger charge is -2.17. The summed E-state index contributed by atoms with van der Waals surface area (Å²) in [5, 5.41) is 20.2. The van der Waals surface area contributed by atoms with Crippen LogP contribution in [0.1, 0.15) is 41.7 Å². The number of hydrogen-bond donors (Lipinski definition) is 2. The molecule has 0 saturated heterocycles. The summed E-state index contributed by atoms with van der Waals surface area (Å²) in [5.74, 6) is -0.344. The lowest BCUT2D eigenvalue weighted by atomic mass is 10.0. The summed E-state index contributed by atoms with van der Waals surface area (Å²) in [6.45, 7) is 1.89. The number of carbonyl (C=O) groups is 1. The highest BCUT2D eigenvalue weighted by Gasteiger charge is 2.25. The van der Waals surface area contributed by atoms with Gasteiger partial charge in [0.15, 0.2) is 0 Å². The second kappa shape index (κ2) is 8.00. The Morgan fingerprint density at radius 1 is 1.28 bits per heavy atom. The molecular formula is C21H20N4O3S. The second-order valence-electron chi connectivity index (χ2n) is 7.06. The number of amides is 1. The van der Waals surface area contributed by atoms with Crippen LogP contribution in [0.3, 0.4) is 0 Å². The molecule has 29 heavy (non-hydrogen) atoms. The molecular weight excluding hydrogens is 388 g/mol. The van der Waals surface area contributed by atoms with Crippen LogP contribution in [0.15, 0.2) is 54.0 Å². The number of nitrogens with zero attached hydrogens (tertiary/aromatic N) is 2. The zero-order valence-corrected chi connectivity index (χ0v) is 16.6. The number of nitrogens with one attached hydrogen (secondary N) is 2. The number of hydrogen-bond acceptors (Lipinski definition) is 6. The van der Waals surface area contributed by atoms with Gasteiger partial charge in [-0.15, -0.1) is 11.3 Å². The van der Waals surface area contributed by atoms with Crippen molar-refractivity contribution in [3.8, 4) is 10.6 Å². The fraction of sp³-hybridized carbons (Fsp3) is 0.238. The van der Waals surface area contributed by atoms with Gasteiger partial charge in [-0.25, -0.2) is 4.98 Å². The van der Waals surface area contributed by atoms with Crippen molar-refractivity contribution in [2.75, 3.05) is 5.32 Å². The normalized spacial score (nSPS) is 14.2. The number of nitro groups is 1. The highest BCUT2D eigenvalue weighted by atomic mass is 32.1. The molecule has 1 fully saturated rings. The van der Waals surface area contributed by atoms with Gasteiger partial charge in [0.2, 0.25) is 0 Å². The third kappa shape index (κ3) is 4.43. The molecule has 4 rings (SSSR count). The first-order valence-electron chi connectivity index (χ1n) is 9.37. The van der Waals surface area contributed by atoms with Gasteiger partial charge in [-0.05, 0) is 37.5 Å². The summed E-state index contributed by atoms with van der Waals surface area (Å²) in [7, 11) is 0. The van der Waals surface area contributed by atoms with Gasteiger partial charge in [0, 0.05) is 41.0 Å². The van der Waals surface area contributed by atoms with Crippen LogP contribution in [-0.4, -0.2) is 21.9 Å². The summed E-state index contributed by atoms with van der Waals surface area (Å²) in [6, 6.07) is 12.3. The smallest absolute Gasteiger partial charge is 0.270 e. The standard InChI is InChI=1S/C21H20N4O3S/c1-13(14-3-2-4-15(11-14)21-22-9-10-29-21)23-20(26)18-12-17(25(27)28)7-8-19(18)24-16-5-6-16/h2-4,7-13,16,24H,5-6H2,1H3,(H,23,26). The molecule has 2 aromatic carbocycles. The molecule has 0 spiro atoms. The van der Waals surface area contributed by atoms with Crippen molar-refractivity contribution < 1.29 is 9.72 Å². The van der Waals surface area contributed by atoms with E-state index in [9.17, 15) is 14.9 Å². The number of carbonyl (C=O) groups excluding carboxylic acids is 1. The van der Waals surface area contributed by atoms with E-state index in [1.165, 1.54) is 12.1 Å². The Labute approximate surface area is 172 Å². The van der Waals surface area contributed by atoms with Crippen LogP contribution in [0, 0.1) is 10.1 Å². The number of nitro benzene ring substituents is 1. The van der Waals surface area contributed by atoms with Crippen molar-refractivity contribution in [2.24, 2.45) is 0 Å². The van der Waals surface area contributed by atoms with Crippen molar-refractivity contribution in [1.82, 2.24) is 10.3 Å². The quantitative estimate of drug-likeness (QED) is 0.433. The Bertz CT molecular complexity index is 1050. The van der Waals surface area contributed by atoms with Crippen molar-refractivity contribution in [2.45, 2.75) is 31.8 Å². The molecule has 7 nitrogen and oxygen atoms in total. The SMILES string of the molecule is CC(NC(=O)c1cc([N+](=O)[O-])ccc1NC1CC1)c1cccc(-c2nccs2)c1. The van der Waals surface area contributed by atoms with E-state index in [2.05, 4.69) is 15.6 Å². The van der Waals surface area contributed by atoms with Crippen LogP contribution in [0.4, 0.5) is 11.4 Å². The third-order valence-corrected chi connectivity index (χ3v) is 5.63. The Kier molecular flexibility index (Phi) is 5.26. The van der Waals surface area contributed by atoms with Gasteiger partial charge in [-0.1, -0.05) is 18.2 Å². The zero-order chi connectivity index (χ0) is 20.4. The van der Waals surface area contributed by atoms with Crippen LogP contribution >= 0.6 is 11.3 Å². The minimum Gasteiger partial charge on any atom is -0.382 e. The van der Waals surface area contributed by atoms with E-state index in [4.69, 9.17) is 0 Å². The second-order valence-corrected chi connectivity index (χ2v) is 7.96. The molecule has 1 unspecified atom stereocenters. The van der Waals surface area contributed by atoms with E-state index in [0.29, 0.717) is 11.7 Å². The van der Waals surface area contributed by atoms with Crippen LogP contribution in [-0.2, 0) is 0 Å². The van der Waals surface area contributed by atoms with Gasteiger partial charge >= 0.3 is 0 Å². The van der Waals surface area contributed by atoms with Crippen molar-refractivity contribution in [1.29, 1.82) is 0 Å².